The highest BCUT2D eigenvalue weighted by atomic mass is 35.5. The molecule has 0 radical (unpaired) electrons. The summed E-state index contributed by atoms with van der Waals surface area (Å²) >= 11 is 17.8. The summed E-state index contributed by atoms with van der Waals surface area (Å²) in [5, 5.41) is 1.57. The molecule has 1 atom stereocenters. The smallest absolute Gasteiger partial charge is 0.243 e. The maximum atomic E-state index is 12.6. The summed E-state index contributed by atoms with van der Waals surface area (Å²) in [5.74, 6) is -0.131. The van der Waals surface area contributed by atoms with Gasteiger partial charge in [0.15, 0.2) is 0 Å². The molecule has 4 rings (SSSR count). The van der Waals surface area contributed by atoms with Crippen molar-refractivity contribution >= 4 is 58.0 Å². The maximum Gasteiger partial charge on any atom is 0.243 e. The number of amides is 2. The molecule has 1 fully saturated rings. The van der Waals surface area contributed by atoms with Gasteiger partial charge in [-0.15, -0.1) is 0 Å². The molecule has 0 aliphatic carbocycles. The van der Waals surface area contributed by atoms with Crippen molar-refractivity contribution in [1.82, 2.24) is 5.43 Å². The van der Waals surface area contributed by atoms with Crippen LogP contribution in [0.4, 0.5) is 11.4 Å². The van der Waals surface area contributed by atoms with Crippen LogP contribution in [0.3, 0.4) is 0 Å². The van der Waals surface area contributed by atoms with Crippen LogP contribution in [0.25, 0.3) is 0 Å². The van der Waals surface area contributed by atoms with Crippen molar-refractivity contribution in [2.45, 2.75) is 13.0 Å². The molecule has 3 aromatic rings. The van der Waals surface area contributed by atoms with E-state index in [1.807, 2.05) is 6.07 Å². The van der Waals surface area contributed by atoms with E-state index in [0.717, 1.165) is 11.3 Å². The zero-order valence-electron chi connectivity index (χ0n) is 17.4. The number of carbonyl (C=O) groups excluding carboxylic acids is 2. The Morgan fingerprint density at radius 3 is 2.39 bits per heavy atom. The number of anilines is 2. The van der Waals surface area contributed by atoms with E-state index in [1.54, 1.807) is 65.6 Å². The van der Waals surface area contributed by atoms with Gasteiger partial charge in [-0.05, 0) is 66.2 Å². The second-order valence-electron chi connectivity index (χ2n) is 7.56. The Morgan fingerprint density at radius 1 is 0.970 bits per heavy atom. The third kappa shape index (κ3) is 5.90. The number of benzene rings is 3. The molecule has 0 unspecified atom stereocenters. The van der Waals surface area contributed by atoms with Crippen LogP contribution in [0.2, 0.25) is 15.1 Å². The van der Waals surface area contributed by atoms with Crippen molar-refractivity contribution in [2.75, 3.05) is 16.9 Å². The summed E-state index contributed by atoms with van der Waals surface area (Å²) < 4.78 is 5.75. The lowest BCUT2D eigenvalue weighted by Gasteiger charge is -2.17. The predicted octanol–water partition coefficient (Wildman–Crippen LogP) is 5.72. The first kappa shape index (κ1) is 23.2. The molecule has 9 heteroatoms. The highest BCUT2D eigenvalue weighted by molar-refractivity contribution is 6.42. The van der Waals surface area contributed by atoms with Crippen LogP contribution < -0.4 is 20.5 Å². The van der Waals surface area contributed by atoms with Gasteiger partial charge in [0.1, 0.15) is 12.4 Å². The van der Waals surface area contributed by atoms with Crippen LogP contribution in [0.5, 0.6) is 5.75 Å². The first-order chi connectivity index (χ1) is 15.9. The summed E-state index contributed by atoms with van der Waals surface area (Å²) in [7, 11) is 0. The fraction of sp³-hybridized carbons (Fsp3) is 0.167. The van der Waals surface area contributed by atoms with E-state index >= 15 is 0 Å². The summed E-state index contributed by atoms with van der Waals surface area (Å²) in [6, 6.07) is 19.4. The minimum atomic E-state index is -0.450. The number of hydrazine groups is 1. The molecule has 2 amide bonds. The fourth-order valence-corrected chi connectivity index (χ4v) is 3.87. The summed E-state index contributed by atoms with van der Waals surface area (Å²) in [5.41, 5.74) is 7.86. The van der Waals surface area contributed by atoms with E-state index in [1.165, 1.54) is 0 Å². The average molecular weight is 505 g/mol. The highest BCUT2D eigenvalue weighted by Gasteiger charge is 2.35. The molecule has 33 heavy (non-hydrogen) atoms. The van der Waals surface area contributed by atoms with Gasteiger partial charge in [-0.2, -0.15) is 0 Å². The number of halogens is 3. The van der Waals surface area contributed by atoms with Gasteiger partial charge in [-0.3, -0.25) is 20.4 Å². The Bertz CT molecular complexity index is 1150. The molecule has 0 bridgehead atoms. The van der Waals surface area contributed by atoms with Crippen LogP contribution in [0, 0.1) is 5.92 Å². The van der Waals surface area contributed by atoms with Crippen LogP contribution in [0.1, 0.15) is 12.0 Å². The second-order valence-corrected chi connectivity index (χ2v) is 8.81. The van der Waals surface area contributed by atoms with Crippen molar-refractivity contribution < 1.29 is 14.3 Å². The molecule has 1 heterocycles. The van der Waals surface area contributed by atoms with Crippen molar-refractivity contribution in [2.24, 2.45) is 5.92 Å². The summed E-state index contributed by atoms with van der Waals surface area (Å²) in [4.78, 5) is 26.5. The minimum absolute atomic E-state index is 0.0963. The lowest BCUT2D eigenvalue weighted by Crippen LogP contribution is -2.36. The lowest BCUT2D eigenvalue weighted by atomic mass is 10.1. The third-order valence-corrected chi connectivity index (χ3v) is 6.20. The lowest BCUT2D eigenvalue weighted by molar-refractivity contribution is -0.125. The minimum Gasteiger partial charge on any atom is -0.489 e. The number of nitrogens with zero attached hydrogens (tertiary/aromatic N) is 1. The standard InChI is InChI=1S/C24H20Cl3N3O3/c25-17-2-6-19(7-3-17)30-13-16(12-23(30)31)24(32)29-28-18-4-8-20(9-5-18)33-14-15-1-10-21(26)22(27)11-15/h1-11,16,28H,12-14H2,(H,29,32)/t16-/m0/s1. The molecule has 1 aliphatic rings. The van der Waals surface area contributed by atoms with Gasteiger partial charge in [0, 0.05) is 23.7 Å². The molecule has 0 aromatic heterocycles. The van der Waals surface area contributed by atoms with E-state index in [0.29, 0.717) is 39.7 Å². The second kappa shape index (κ2) is 10.3. The SMILES string of the molecule is O=C(NNc1ccc(OCc2ccc(Cl)c(Cl)c2)cc1)[C@H]1CC(=O)N(c2ccc(Cl)cc2)C1. The molecule has 6 nitrogen and oxygen atoms in total. The van der Waals surface area contributed by atoms with Gasteiger partial charge in [-0.1, -0.05) is 40.9 Å². The summed E-state index contributed by atoms with van der Waals surface area (Å²) in [6.45, 7) is 0.662. The molecule has 0 spiro atoms. The Hall–Kier alpha value is -2.93. The number of ether oxygens (including phenoxy) is 1. The third-order valence-electron chi connectivity index (χ3n) is 5.21. The number of rotatable bonds is 7. The molecular formula is C24H20Cl3N3O3. The van der Waals surface area contributed by atoms with Gasteiger partial charge in [0.2, 0.25) is 11.8 Å². The molecule has 0 saturated carbocycles. The first-order valence-electron chi connectivity index (χ1n) is 10.2. The maximum absolute atomic E-state index is 12.6. The van der Waals surface area contributed by atoms with Crippen LogP contribution >= 0.6 is 34.8 Å². The van der Waals surface area contributed by atoms with Gasteiger partial charge < -0.3 is 9.64 Å². The first-order valence-corrected chi connectivity index (χ1v) is 11.3. The van der Waals surface area contributed by atoms with Crippen molar-refractivity contribution in [3.8, 4) is 5.75 Å². The van der Waals surface area contributed by atoms with Gasteiger partial charge in [0.05, 0.1) is 21.7 Å². The van der Waals surface area contributed by atoms with E-state index in [2.05, 4.69) is 10.9 Å². The monoisotopic (exact) mass is 503 g/mol. The zero-order chi connectivity index (χ0) is 23.4. The molecular weight excluding hydrogens is 485 g/mol. The Kier molecular flexibility index (Phi) is 7.28. The Balaban J connectivity index is 1.26. The highest BCUT2D eigenvalue weighted by Crippen LogP contribution is 2.27. The van der Waals surface area contributed by atoms with E-state index in [4.69, 9.17) is 39.5 Å². The molecule has 1 saturated heterocycles. The van der Waals surface area contributed by atoms with Gasteiger partial charge >= 0.3 is 0 Å². The predicted molar refractivity (Wildman–Crippen MR) is 131 cm³/mol. The average Bonchev–Trinajstić information content (AvgIpc) is 3.21. The quantitative estimate of drug-likeness (QED) is 0.404. The molecule has 3 aromatic carbocycles. The van der Waals surface area contributed by atoms with Crippen molar-refractivity contribution in [3.63, 3.8) is 0 Å². The van der Waals surface area contributed by atoms with E-state index in [9.17, 15) is 9.59 Å². The molecule has 170 valence electrons. The van der Waals surface area contributed by atoms with Crippen LogP contribution in [-0.4, -0.2) is 18.4 Å². The van der Waals surface area contributed by atoms with Crippen molar-refractivity contribution in [3.05, 3.63) is 87.4 Å². The number of hydrogen-bond acceptors (Lipinski definition) is 4. The fourth-order valence-electron chi connectivity index (χ4n) is 3.42. The number of carbonyl (C=O) groups is 2. The van der Waals surface area contributed by atoms with Crippen LogP contribution in [0.15, 0.2) is 66.7 Å². The molecule has 1 aliphatic heterocycles. The summed E-state index contributed by atoms with van der Waals surface area (Å²) in [6.07, 6.45) is 0.150. The van der Waals surface area contributed by atoms with E-state index < -0.39 is 5.92 Å². The zero-order valence-corrected chi connectivity index (χ0v) is 19.6. The molecule has 2 N–H and O–H groups in total. The Morgan fingerprint density at radius 2 is 1.70 bits per heavy atom. The van der Waals surface area contributed by atoms with Gasteiger partial charge in [-0.25, -0.2) is 0 Å². The largest absolute Gasteiger partial charge is 0.489 e. The van der Waals surface area contributed by atoms with E-state index in [-0.39, 0.29) is 18.2 Å². The Labute approximate surface area is 206 Å². The number of nitrogens with one attached hydrogen (secondary N) is 2. The van der Waals surface area contributed by atoms with Gasteiger partial charge in [0.25, 0.3) is 0 Å². The topological polar surface area (TPSA) is 70.7 Å². The number of hydrogen-bond donors (Lipinski definition) is 2. The van der Waals surface area contributed by atoms with Crippen LogP contribution in [-0.2, 0) is 16.2 Å². The van der Waals surface area contributed by atoms with Crippen molar-refractivity contribution in [1.29, 1.82) is 0 Å². The normalized spacial score (nSPS) is 15.4.